The molecule has 0 spiro atoms. The van der Waals surface area contributed by atoms with Crippen molar-refractivity contribution in [1.29, 1.82) is 0 Å². The van der Waals surface area contributed by atoms with E-state index in [4.69, 9.17) is 19.2 Å². The van der Waals surface area contributed by atoms with Crippen molar-refractivity contribution in [2.24, 2.45) is 0 Å². The van der Waals surface area contributed by atoms with Gasteiger partial charge in [-0.05, 0) is 63.6 Å². The van der Waals surface area contributed by atoms with Crippen LogP contribution in [0.15, 0.2) is 24.3 Å². The molecule has 2 atom stereocenters. The number of hydrogen-bond donors (Lipinski definition) is 1. The molecule has 0 saturated carbocycles. The van der Waals surface area contributed by atoms with E-state index >= 15 is 0 Å². The summed E-state index contributed by atoms with van der Waals surface area (Å²) in [5, 5.41) is 3.34. The first kappa shape index (κ1) is 26.3. The highest BCUT2D eigenvalue weighted by atomic mass is 19.4. The topological polar surface area (TPSA) is 82.6 Å². The first-order valence-corrected chi connectivity index (χ1v) is 12.5. The van der Waals surface area contributed by atoms with E-state index in [1.807, 2.05) is 0 Å². The number of hydrogen-bond acceptors (Lipinski definition) is 7. The number of benzene rings is 1. The van der Waals surface area contributed by atoms with Gasteiger partial charge in [-0.2, -0.15) is 13.2 Å². The molecular formula is C26H32F3N3O4. The van der Waals surface area contributed by atoms with E-state index in [2.05, 4.69) is 10.3 Å². The maximum Gasteiger partial charge on any atom is 0.416 e. The molecule has 10 heteroatoms. The fourth-order valence-electron chi connectivity index (χ4n) is 4.63. The molecule has 0 radical (unpaired) electrons. The monoisotopic (exact) mass is 507 g/mol. The van der Waals surface area contributed by atoms with Gasteiger partial charge in [0.25, 0.3) is 0 Å². The number of halogens is 3. The number of carbonyl (C=O) groups is 1. The quantitative estimate of drug-likeness (QED) is 0.489. The van der Waals surface area contributed by atoms with E-state index < -0.39 is 17.7 Å². The molecule has 2 unspecified atom stereocenters. The van der Waals surface area contributed by atoms with Gasteiger partial charge in [-0.15, -0.1) is 0 Å². The molecule has 7 nitrogen and oxygen atoms in total. The van der Waals surface area contributed by atoms with Gasteiger partial charge in [-0.25, -0.2) is 14.8 Å². The Morgan fingerprint density at radius 1 is 1.11 bits per heavy atom. The van der Waals surface area contributed by atoms with E-state index in [0.29, 0.717) is 37.0 Å². The zero-order valence-electron chi connectivity index (χ0n) is 20.6. The third kappa shape index (κ3) is 6.34. The maximum absolute atomic E-state index is 12.9. The van der Waals surface area contributed by atoms with E-state index in [0.717, 1.165) is 49.8 Å². The van der Waals surface area contributed by atoms with Crippen LogP contribution in [0.2, 0.25) is 0 Å². The summed E-state index contributed by atoms with van der Waals surface area (Å²) < 4.78 is 55.6. The van der Waals surface area contributed by atoms with Gasteiger partial charge >= 0.3 is 12.1 Å². The minimum absolute atomic E-state index is 0.100. The summed E-state index contributed by atoms with van der Waals surface area (Å²) in [6.45, 7) is 5.49. The van der Waals surface area contributed by atoms with Crippen LogP contribution in [0.1, 0.15) is 84.1 Å². The van der Waals surface area contributed by atoms with Crippen molar-refractivity contribution < 1.29 is 32.2 Å². The molecule has 36 heavy (non-hydrogen) atoms. The molecule has 2 aromatic rings. The van der Waals surface area contributed by atoms with Crippen LogP contribution in [0.3, 0.4) is 0 Å². The van der Waals surface area contributed by atoms with Gasteiger partial charge in [-0.3, -0.25) is 0 Å². The summed E-state index contributed by atoms with van der Waals surface area (Å²) in [5.41, 5.74) is 0.928. The predicted molar refractivity (Wildman–Crippen MR) is 127 cm³/mol. The summed E-state index contributed by atoms with van der Waals surface area (Å²) in [7, 11) is 0. The SMILES string of the molecule is CCOC(=O)c1nc(C2CCOCC2)nc(NCC2CCCC(c3ccc(C(F)(F)F)cc3)O2)c1C. The molecule has 4 rings (SSSR count). The number of anilines is 1. The van der Waals surface area contributed by atoms with Crippen molar-refractivity contribution in [3.63, 3.8) is 0 Å². The van der Waals surface area contributed by atoms with Crippen LogP contribution in [-0.4, -0.2) is 48.4 Å². The van der Waals surface area contributed by atoms with Crippen molar-refractivity contribution in [3.05, 3.63) is 52.5 Å². The second kappa shape index (κ2) is 11.6. The highest BCUT2D eigenvalue weighted by molar-refractivity contribution is 5.90. The summed E-state index contributed by atoms with van der Waals surface area (Å²) in [6, 6.07) is 5.17. The van der Waals surface area contributed by atoms with Gasteiger partial charge in [0, 0.05) is 31.2 Å². The molecule has 2 saturated heterocycles. The summed E-state index contributed by atoms with van der Waals surface area (Å²) in [6.07, 6.45) is -0.773. The Kier molecular flexibility index (Phi) is 8.46. The highest BCUT2D eigenvalue weighted by Crippen LogP contribution is 2.35. The lowest BCUT2D eigenvalue weighted by atomic mass is 9.97. The largest absolute Gasteiger partial charge is 0.461 e. The highest BCUT2D eigenvalue weighted by Gasteiger charge is 2.31. The van der Waals surface area contributed by atoms with Crippen molar-refractivity contribution in [2.75, 3.05) is 31.7 Å². The van der Waals surface area contributed by atoms with Crippen LogP contribution in [-0.2, 0) is 20.4 Å². The van der Waals surface area contributed by atoms with Gasteiger partial charge in [0.05, 0.1) is 24.4 Å². The first-order valence-electron chi connectivity index (χ1n) is 12.5. The predicted octanol–water partition coefficient (Wildman–Crippen LogP) is 5.60. The summed E-state index contributed by atoms with van der Waals surface area (Å²) in [4.78, 5) is 21.9. The minimum Gasteiger partial charge on any atom is -0.461 e. The minimum atomic E-state index is -4.36. The molecular weight excluding hydrogens is 475 g/mol. The molecule has 3 heterocycles. The molecule has 0 bridgehead atoms. The van der Waals surface area contributed by atoms with Crippen LogP contribution in [0.4, 0.5) is 19.0 Å². The molecule has 2 aliphatic rings. The Morgan fingerprint density at radius 2 is 1.83 bits per heavy atom. The summed E-state index contributed by atoms with van der Waals surface area (Å²) in [5.74, 6) is 0.782. The lowest BCUT2D eigenvalue weighted by Crippen LogP contribution is -2.30. The van der Waals surface area contributed by atoms with Gasteiger partial charge < -0.3 is 19.5 Å². The second-order valence-corrected chi connectivity index (χ2v) is 9.19. The molecule has 1 aromatic carbocycles. The number of rotatable bonds is 7. The molecule has 0 aliphatic carbocycles. The van der Waals surface area contributed by atoms with Gasteiger partial charge in [0.2, 0.25) is 0 Å². The molecule has 196 valence electrons. The average molecular weight is 508 g/mol. The number of carbonyl (C=O) groups excluding carboxylic acids is 1. The molecule has 2 aliphatic heterocycles. The normalized spacial score (nSPS) is 21.2. The fraction of sp³-hybridized carbons (Fsp3) is 0.577. The van der Waals surface area contributed by atoms with E-state index in [9.17, 15) is 18.0 Å². The van der Waals surface area contributed by atoms with Crippen molar-refractivity contribution in [2.45, 2.75) is 70.3 Å². The lowest BCUT2D eigenvalue weighted by Gasteiger charge is -2.31. The third-order valence-electron chi connectivity index (χ3n) is 6.67. The number of nitrogens with zero attached hydrogens (tertiary/aromatic N) is 2. The second-order valence-electron chi connectivity index (χ2n) is 9.19. The lowest BCUT2D eigenvalue weighted by molar-refractivity contribution is -0.137. The van der Waals surface area contributed by atoms with Crippen molar-refractivity contribution >= 4 is 11.8 Å². The third-order valence-corrected chi connectivity index (χ3v) is 6.67. The Morgan fingerprint density at radius 3 is 2.50 bits per heavy atom. The number of aromatic nitrogens is 2. The molecule has 2 fully saturated rings. The van der Waals surface area contributed by atoms with E-state index in [1.54, 1.807) is 13.8 Å². The summed E-state index contributed by atoms with van der Waals surface area (Å²) >= 11 is 0. The number of esters is 1. The smallest absolute Gasteiger partial charge is 0.416 e. The fourth-order valence-corrected chi connectivity index (χ4v) is 4.63. The van der Waals surface area contributed by atoms with Crippen LogP contribution >= 0.6 is 0 Å². The van der Waals surface area contributed by atoms with Crippen molar-refractivity contribution in [3.8, 4) is 0 Å². The van der Waals surface area contributed by atoms with Crippen LogP contribution in [0, 0.1) is 6.92 Å². The zero-order chi connectivity index (χ0) is 25.7. The van der Waals surface area contributed by atoms with Crippen LogP contribution in [0.5, 0.6) is 0 Å². The van der Waals surface area contributed by atoms with Gasteiger partial charge in [0.15, 0.2) is 5.69 Å². The van der Waals surface area contributed by atoms with Gasteiger partial charge in [0.1, 0.15) is 11.6 Å². The van der Waals surface area contributed by atoms with Crippen LogP contribution in [0.25, 0.3) is 0 Å². The Bertz CT molecular complexity index is 1040. The standard InChI is InChI=1S/C26H32F3N3O4/c1-3-35-25(33)22-16(2)23(32-24(31-22)18-11-13-34-14-12-18)30-15-20-5-4-6-21(36-20)17-7-9-19(10-8-17)26(27,28)29/h7-10,18,20-21H,3-6,11-15H2,1-2H3,(H,30,31,32). The molecule has 0 amide bonds. The Hall–Kier alpha value is -2.72. The molecule has 1 aromatic heterocycles. The zero-order valence-corrected chi connectivity index (χ0v) is 20.6. The Balaban J connectivity index is 1.47. The Labute approximate surface area is 208 Å². The molecule has 1 N–H and O–H groups in total. The van der Waals surface area contributed by atoms with Crippen molar-refractivity contribution in [1.82, 2.24) is 9.97 Å². The average Bonchev–Trinajstić information content (AvgIpc) is 2.88. The number of alkyl halides is 3. The van der Waals surface area contributed by atoms with Crippen LogP contribution < -0.4 is 5.32 Å². The van der Waals surface area contributed by atoms with E-state index in [-0.39, 0.29) is 30.4 Å². The first-order chi connectivity index (χ1) is 17.3. The maximum atomic E-state index is 12.9. The van der Waals surface area contributed by atoms with Gasteiger partial charge in [-0.1, -0.05) is 12.1 Å². The van der Waals surface area contributed by atoms with E-state index in [1.165, 1.54) is 12.1 Å². The number of nitrogens with one attached hydrogen (secondary N) is 1. The number of ether oxygens (including phenoxy) is 3.